The summed E-state index contributed by atoms with van der Waals surface area (Å²) in [6, 6.07) is 22.4. The molecule has 3 aromatic heterocycles. The van der Waals surface area contributed by atoms with Gasteiger partial charge >= 0.3 is 6.01 Å². The van der Waals surface area contributed by atoms with Crippen LogP contribution in [0.1, 0.15) is 11.4 Å². The highest BCUT2D eigenvalue weighted by atomic mass is 35.5. The molecular weight excluding hydrogens is 512 g/mol. The first kappa shape index (κ1) is 24.3. The van der Waals surface area contributed by atoms with Gasteiger partial charge in [0.15, 0.2) is 0 Å². The van der Waals surface area contributed by atoms with E-state index in [0.29, 0.717) is 28.1 Å². The molecule has 0 atom stereocenters. The quantitative estimate of drug-likeness (QED) is 0.249. The Labute approximate surface area is 229 Å². The maximum atomic E-state index is 6.38. The Morgan fingerprint density at radius 3 is 1.82 bits per heavy atom. The van der Waals surface area contributed by atoms with Crippen molar-refractivity contribution < 1.29 is 4.74 Å². The Kier molecular flexibility index (Phi) is 6.05. The largest absolute Gasteiger partial charge is 0.424 e. The van der Waals surface area contributed by atoms with Crippen LogP contribution in [0.2, 0.25) is 5.02 Å². The first-order valence-electron chi connectivity index (χ1n) is 12.1. The fraction of sp³-hybridized carbons (Fsp3) is 0.0690. The minimum Gasteiger partial charge on any atom is -0.424 e. The van der Waals surface area contributed by atoms with Crippen LogP contribution in [0.25, 0.3) is 21.8 Å². The molecule has 0 bridgehead atoms. The van der Waals surface area contributed by atoms with E-state index in [1.807, 2.05) is 67.3 Å². The van der Waals surface area contributed by atoms with Gasteiger partial charge in [-0.1, -0.05) is 11.6 Å². The number of anilines is 5. The van der Waals surface area contributed by atoms with Crippen molar-refractivity contribution in [1.29, 1.82) is 0 Å². The second-order valence-corrected chi connectivity index (χ2v) is 9.50. The fourth-order valence-electron chi connectivity index (χ4n) is 4.45. The van der Waals surface area contributed by atoms with Crippen LogP contribution >= 0.6 is 11.6 Å². The number of nitrogens with two attached hydrogens (primary N) is 2. The molecule has 0 amide bonds. The lowest BCUT2D eigenvalue weighted by Gasteiger charge is -2.24. The lowest BCUT2D eigenvalue weighted by atomic mass is 10.1. The molecule has 3 heterocycles. The lowest BCUT2D eigenvalue weighted by molar-refractivity contribution is 0.440. The smallest absolute Gasteiger partial charge is 0.326 e. The number of aryl methyl sites for hydroxylation is 2. The van der Waals surface area contributed by atoms with Gasteiger partial charge < -0.3 is 16.2 Å². The molecule has 4 N–H and O–H groups in total. The monoisotopic (exact) mass is 534 g/mol. The Balaban J connectivity index is 1.51. The Morgan fingerprint density at radius 1 is 0.692 bits per heavy atom. The van der Waals surface area contributed by atoms with Crippen LogP contribution in [0.15, 0.2) is 79.1 Å². The standard InChI is InChI=1S/C29H23ClN8O/c1-16-11-24(31)22-13-19(5-9-26(22)35-16)38(20-6-10-27-23(14-20)25(32)12-17(2)36-27)28-33-15-34-29(37-28)39-21-7-3-18(30)4-8-21/h3-15H,1-2H3,(H2,31,35)(H2,32,36). The molecule has 6 rings (SSSR count). The molecule has 3 aromatic carbocycles. The maximum Gasteiger partial charge on any atom is 0.326 e. The Bertz CT molecular complexity index is 1770. The molecule has 0 saturated carbocycles. The third-order valence-corrected chi connectivity index (χ3v) is 6.43. The van der Waals surface area contributed by atoms with Gasteiger partial charge in [-0.05, 0) is 86.6 Å². The summed E-state index contributed by atoms with van der Waals surface area (Å²) < 4.78 is 5.89. The minimum absolute atomic E-state index is 0.127. The van der Waals surface area contributed by atoms with E-state index in [1.54, 1.807) is 24.3 Å². The second kappa shape index (κ2) is 9.70. The molecule has 0 radical (unpaired) electrons. The number of fused-ring (bicyclic) bond motifs is 2. The number of ether oxygens (including phenoxy) is 1. The highest BCUT2D eigenvalue weighted by molar-refractivity contribution is 6.30. The van der Waals surface area contributed by atoms with Gasteiger partial charge in [0.1, 0.15) is 12.1 Å². The van der Waals surface area contributed by atoms with E-state index in [0.717, 1.165) is 44.6 Å². The molecule has 10 heteroatoms. The van der Waals surface area contributed by atoms with Gasteiger partial charge in [-0.3, -0.25) is 14.9 Å². The van der Waals surface area contributed by atoms with E-state index in [2.05, 4.69) is 24.9 Å². The third kappa shape index (κ3) is 4.83. The molecule has 0 aliphatic rings. The first-order valence-corrected chi connectivity index (χ1v) is 12.5. The highest BCUT2D eigenvalue weighted by Crippen LogP contribution is 2.37. The average molecular weight is 535 g/mol. The molecule has 0 aliphatic heterocycles. The summed E-state index contributed by atoms with van der Waals surface area (Å²) in [7, 11) is 0. The molecule has 0 unspecified atom stereocenters. The molecule has 192 valence electrons. The number of halogens is 1. The van der Waals surface area contributed by atoms with Crippen LogP contribution in [0.3, 0.4) is 0 Å². The summed E-state index contributed by atoms with van der Waals surface area (Å²) in [5.74, 6) is 0.882. The SMILES string of the molecule is Cc1cc(N)c2cc(N(c3ccc4nc(C)cc(N)c4c3)c3ncnc(Oc4ccc(Cl)cc4)n3)ccc2n1. The first-order chi connectivity index (χ1) is 18.8. The minimum atomic E-state index is 0.127. The Hall–Kier alpha value is -5.02. The molecule has 0 spiro atoms. The summed E-state index contributed by atoms with van der Waals surface area (Å²) in [5, 5.41) is 2.23. The number of nitrogen functional groups attached to an aromatic ring is 2. The predicted octanol–water partition coefficient (Wildman–Crippen LogP) is 6.66. The van der Waals surface area contributed by atoms with Gasteiger partial charge in [-0.15, -0.1) is 0 Å². The predicted molar refractivity (Wildman–Crippen MR) is 155 cm³/mol. The lowest BCUT2D eigenvalue weighted by Crippen LogP contribution is -2.14. The van der Waals surface area contributed by atoms with E-state index >= 15 is 0 Å². The van der Waals surface area contributed by atoms with E-state index in [9.17, 15) is 0 Å². The van der Waals surface area contributed by atoms with Gasteiger partial charge in [0, 0.05) is 49.9 Å². The number of nitrogens with zero attached hydrogens (tertiary/aromatic N) is 6. The fourth-order valence-corrected chi connectivity index (χ4v) is 4.58. The maximum absolute atomic E-state index is 6.38. The molecule has 0 fully saturated rings. The average Bonchev–Trinajstić information content (AvgIpc) is 2.91. The summed E-state index contributed by atoms with van der Waals surface area (Å²) in [5.41, 5.74) is 18.8. The van der Waals surface area contributed by atoms with Crippen molar-refractivity contribution in [3.8, 4) is 11.8 Å². The van der Waals surface area contributed by atoms with Gasteiger partial charge in [-0.25, -0.2) is 4.98 Å². The highest BCUT2D eigenvalue weighted by Gasteiger charge is 2.19. The molecule has 6 aromatic rings. The zero-order valence-corrected chi connectivity index (χ0v) is 21.9. The molecule has 9 nitrogen and oxygen atoms in total. The molecule has 0 aliphatic carbocycles. The molecular formula is C29H23ClN8O. The van der Waals surface area contributed by atoms with Crippen molar-refractivity contribution in [2.45, 2.75) is 13.8 Å². The van der Waals surface area contributed by atoms with Crippen LogP contribution in [0.5, 0.6) is 11.8 Å². The van der Waals surface area contributed by atoms with Crippen LogP contribution in [0.4, 0.5) is 28.7 Å². The normalized spacial score (nSPS) is 11.2. The Morgan fingerprint density at radius 2 is 1.26 bits per heavy atom. The van der Waals surface area contributed by atoms with Crippen LogP contribution < -0.4 is 21.1 Å². The van der Waals surface area contributed by atoms with Crippen LogP contribution in [-0.2, 0) is 0 Å². The van der Waals surface area contributed by atoms with Crippen LogP contribution in [-0.4, -0.2) is 24.9 Å². The van der Waals surface area contributed by atoms with Gasteiger partial charge in [0.2, 0.25) is 5.95 Å². The van der Waals surface area contributed by atoms with Crippen molar-refractivity contribution in [3.05, 3.63) is 95.5 Å². The summed E-state index contributed by atoms with van der Waals surface area (Å²) in [6.07, 6.45) is 1.40. The zero-order valence-electron chi connectivity index (χ0n) is 21.1. The van der Waals surface area contributed by atoms with E-state index < -0.39 is 0 Å². The zero-order chi connectivity index (χ0) is 27.1. The van der Waals surface area contributed by atoms with Crippen molar-refractivity contribution in [3.63, 3.8) is 0 Å². The summed E-state index contributed by atoms with van der Waals surface area (Å²) in [6.45, 7) is 3.83. The third-order valence-electron chi connectivity index (χ3n) is 6.18. The van der Waals surface area contributed by atoms with Gasteiger partial charge in [0.05, 0.1) is 11.0 Å². The number of hydrogen-bond acceptors (Lipinski definition) is 9. The molecule has 39 heavy (non-hydrogen) atoms. The second-order valence-electron chi connectivity index (χ2n) is 9.07. The number of benzene rings is 3. The topological polar surface area (TPSA) is 129 Å². The number of pyridine rings is 2. The van der Waals surface area contributed by atoms with Crippen molar-refractivity contribution in [2.24, 2.45) is 0 Å². The van der Waals surface area contributed by atoms with Crippen LogP contribution in [0, 0.1) is 13.8 Å². The van der Waals surface area contributed by atoms with E-state index in [4.69, 9.17) is 27.8 Å². The molecule has 0 saturated heterocycles. The number of aromatic nitrogens is 5. The summed E-state index contributed by atoms with van der Waals surface area (Å²) >= 11 is 6.01. The number of hydrogen-bond donors (Lipinski definition) is 2. The van der Waals surface area contributed by atoms with Crippen molar-refractivity contribution in [2.75, 3.05) is 16.4 Å². The van der Waals surface area contributed by atoms with E-state index in [1.165, 1.54) is 6.33 Å². The van der Waals surface area contributed by atoms with E-state index in [-0.39, 0.29) is 6.01 Å². The number of rotatable bonds is 5. The van der Waals surface area contributed by atoms with Crippen molar-refractivity contribution in [1.82, 2.24) is 24.9 Å². The summed E-state index contributed by atoms with van der Waals surface area (Å²) in [4.78, 5) is 24.4. The van der Waals surface area contributed by atoms with Crippen molar-refractivity contribution >= 4 is 62.1 Å². The van der Waals surface area contributed by atoms with Gasteiger partial charge in [0.25, 0.3) is 0 Å². The van der Waals surface area contributed by atoms with Gasteiger partial charge in [-0.2, -0.15) is 9.97 Å².